The molecule has 108 valence electrons. The zero-order chi connectivity index (χ0) is 15.1. The molecule has 0 aliphatic heterocycles. The van der Waals surface area contributed by atoms with Crippen molar-refractivity contribution in [1.82, 2.24) is 0 Å². The number of ether oxygens (including phenoxy) is 1. The zero-order valence-electron chi connectivity index (χ0n) is 11.2. The van der Waals surface area contributed by atoms with Crippen LogP contribution in [0.4, 0.5) is 0 Å². The second-order valence-corrected chi connectivity index (χ2v) is 5.80. The first kappa shape index (κ1) is 16.7. The summed E-state index contributed by atoms with van der Waals surface area (Å²) < 4.78 is 4.88. The Hall–Kier alpha value is -1.33. The fraction of sp³-hybridized carbons (Fsp3) is 0.357. The summed E-state index contributed by atoms with van der Waals surface area (Å²) in [6.45, 7) is 3.24. The number of hydrogen-bond donors (Lipinski definition) is 0. The van der Waals surface area contributed by atoms with Crippen molar-refractivity contribution in [2.24, 2.45) is 0 Å². The van der Waals surface area contributed by atoms with Crippen molar-refractivity contribution < 1.29 is 19.1 Å². The van der Waals surface area contributed by atoms with Gasteiger partial charge >= 0.3 is 5.97 Å². The van der Waals surface area contributed by atoms with Gasteiger partial charge in [0.05, 0.1) is 6.61 Å². The summed E-state index contributed by atoms with van der Waals surface area (Å²) in [5.74, 6) is -0.775. The highest BCUT2D eigenvalue weighted by Gasteiger charge is 2.26. The maximum atomic E-state index is 12.1. The summed E-state index contributed by atoms with van der Waals surface area (Å²) in [6, 6.07) is 6.38. The molecule has 0 saturated carbocycles. The SMILES string of the molecule is CCOC(=O)C(CC(=O)c1ccc(Cl)cc1)SC(C)=O. The maximum Gasteiger partial charge on any atom is 0.319 e. The lowest BCUT2D eigenvalue weighted by atomic mass is 10.1. The molecule has 0 aliphatic rings. The van der Waals surface area contributed by atoms with Crippen LogP contribution < -0.4 is 0 Å². The summed E-state index contributed by atoms with van der Waals surface area (Å²) in [5, 5.41) is -0.510. The Kier molecular flexibility index (Phi) is 6.75. The van der Waals surface area contributed by atoms with Crippen molar-refractivity contribution in [3.63, 3.8) is 0 Å². The first-order chi connectivity index (χ1) is 9.43. The summed E-state index contributed by atoms with van der Waals surface area (Å²) in [6.07, 6.45) is -0.0787. The summed E-state index contributed by atoms with van der Waals surface area (Å²) in [5.41, 5.74) is 0.452. The largest absolute Gasteiger partial charge is 0.465 e. The van der Waals surface area contributed by atoms with E-state index in [0.29, 0.717) is 10.6 Å². The van der Waals surface area contributed by atoms with Gasteiger partial charge in [0.25, 0.3) is 0 Å². The fourth-order valence-electron chi connectivity index (χ4n) is 1.53. The van der Waals surface area contributed by atoms with Crippen LogP contribution in [0.15, 0.2) is 24.3 Å². The minimum absolute atomic E-state index is 0.0787. The third-order valence-corrected chi connectivity index (χ3v) is 3.62. The van der Waals surface area contributed by atoms with Crippen LogP contribution in [-0.2, 0) is 14.3 Å². The first-order valence-electron chi connectivity index (χ1n) is 6.06. The Morgan fingerprint density at radius 1 is 1.25 bits per heavy atom. The highest BCUT2D eigenvalue weighted by Crippen LogP contribution is 2.20. The highest BCUT2D eigenvalue weighted by molar-refractivity contribution is 8.14. The van der Waals surface area contributed by atoms with Crippen molar-refractivity contribution >= 4 is 40.2 Å². The second kappa shape index (κ2) is 8.07. The molecule has 1 aromatic rings. The number of ketones is 1. The standard InChI is InChI=1S/C14H15ClO4S/c1-3-19-14(18)13(20-9(2)16)8-12(17)10-4-6-11(15)7-5-10/h4-7,13H,3,8H2,1-2H3. The van der Waals surface area contributed by atoms with Crippen LogP contribution >= 0.6 is 23.4 Å². The molecule has 0 fully saturated rings. The summed E-state index contributed by atoms with van der Waals surface area (Å²) in [4.78, 5) is 35.0. The van der Waals surface area contributed by atoms with Gasteiger partial charge in [-0.2, -0.15) is 0 Å². The molecule has 0 radical (unpaired) electrons. The van der Waals surface area contributed by atoms with E-state index in [1.807, 2.05) is 0 Å². The molecule has 1 atom stereocenters. The minimum atomic E-state index is -0.810. The van der Waals surface area contributed by atoms with E-state index >= 15 is 0 Å². The van der Waals surface area contributed by atoms with Gasteiger partial charge in [0.1, 0.15) is 5.25 Å². The minimum Gasteiger partial charge on any atom is -0.465 e. The van der Waals surface area contributed by atoms with Crippen molar-refractivity contribution in [2.75, 3.05) is 6.61 Å². The normalized spacial score (nSPS) is 11.8. The van der Waals surface area contributed by atoms with E-state index in [4.69, 9.17) is 16.3 Å². The third-order valence-electron chi connectivity index (χ3n) is 2.39. The number of rotatable bonds is 6. The van der Waals surface area contributed by atoms with E-state index in [2.05, 4.69) is 0 Å². The van der Waals surface area contributed by atoms with E-state index in [-0.39, 0.29) is 23.9 Å². The van der Waals surface area contributed by atoms with Crippen molar-refractivity contribution in [3.8, 4) is 0 Å². The number of hydrogen-bond acceptors (Lipinski definition) is 5. The van der Waals surface area contributed by atoms with E-state index in [1.54, 1.807) is 31.2 Å². The van der Waals surface area contributed by atoms with Crippen LogP contribution in [0.5, 0.6) is 0 Å². The molecule has 1 rings (SSSR count). The molecule has 1 aromatic carbocycles. The van der Waals surface area contributed by atoms with Crippen molar-refractivity contribution in [1.29, 1.82) is 0 Å². The van der Waals surface area contributed by atoms with Gasteiger partial charge in [-0.15, -0.1) is 0 Å². The Morgan fingerprint density at radius 3 is 2.35 bits per heavy atom. The Labute approximate surface area is 126 Å². The van der Waals surface area contributed by atoms with Crippen LogP contribution in [0.3, 0.4) is 0 Å². The van der Waals surface area contributed by atoms with Gasteiger partial charge in [0.15, 0.2) is 10.9 Å². The smallest absolute Gasteiger partial charge is 0.319 e. The van der Waals surface area contributed by atoms with E-state index in [9.17, 15) is 14.4 Å². The van der Waals surface area contributed by atoms with Crippen molar-refractivity contribution in [2.45, 2.75) is 25.5 Å². The molecule has 20 heavy (non-hydrogen) atoms. The molecule has 1 unspecified atom stereocenters. The lowest BCUT2D eigenvalue weighted by Gasteiger charge is -2.12. The van der Waals surface area contributed by atoms with E-state index in [0.717, 1.165) is 11.8 Å². The Morgan fingerprint density at radius 2 is 1.85 bits per heavy atom. The monoisotopic (exact) mass is 314 g/mol. The zero-order valence-corrected chi connectivity index (χ0v) is 12.8. The number of carbonyl (C=O) groups is 3. The number of benzene rings is 1. The number of halogens is 1. The average Bonchev–Trinajstić information content (AvgIpc) is 2.38. The number of Topliss-reactive ketones (excluding diaryl/α,β-unsaturated/α-hetero) is 1. The molecule has 0 amide bonds. The molecular formula is C14H15ClO4S. The maximum absolute atomic E-state index is 12.1. The van der Waals surface area contributed by atoms with Gasteiger partial charge in [-0.3, -0.25) is 14.4 Å². The third kappa shape index (κ3) is 5.35. The highest BCUT2D eigenvalue weighted by atomic mass is 35.5. The van der Waals surface area contributed by atoms with E-state index in [1.165, 1.54) is 6.92 Å². The first-order valence-corrected chi connectivity index (χ1v) is 7.32. The molecule has 0 N–H and O–H groups in total. The molecule has 0 bridgehead atoms. The fourth-order valence-corrected chi connectivity index (χ4v) is 2.46. The predicted molar refractivity (Wildman–Crippen MR) is 79.1 cm³/mol. The van der Waals surface area contributed by atoms with Crippen LogP contribution in [0.2, 0.25) is 5.02 Å². The number of thioether (sulfide) groups is 1. The van der Waals surface area contributed by atoms with Gasteiger partial charge in [-0.25, -0.2) is 0 Å². The van der Waals surface area contributed by atoms with Gasteiger partial charge in [-0.1, -0.05) is 23.4 Å². The topological polar surface area (TPSA) is 60.4 Å². The summed E-state index contributed by atoms with van der Waals surface area (Å²) in [7, 11) is 0. The Balaban J connectivity index is 2.77. The van der Waals surface area contributed by atoms with Crippen LogP contribution in [0.1, 0.15) is 30.6 Å². The van der Waals surface area contributed by atoms with Crippen LogP contribution in [0.25, 0.3) is 0 Å². The Bertz CT molecular complexity index is 498. The molecule has 0 heterocycles. The molecule has 0 aliphatic carbocycles. The average molecular weight is 315 g/mol. The molecule has 4 nitrogen and oxygen atoms in total. The molecule has 0 spiro atoms. The van der Waals surface area contributed by atoms with Crippen molar-refractivity contribution in [3.05, 3.63) is 34.9 Å². The lowest BCUT2D eigenvalue weighted by Crippen LogP contribution is -2.24. The quantitative estimate of drug-likeness (QED) is 0.596. The molecule has 0 saturated heterocycles. The lowest BCUT2D eigenvalue weighted by molar-refractivity contribution is -0.142. The van der Waals surface area contributed by atoms with Gasteiger partial charge in [-0.05, 0) is 31.2 Å². The molecule has 6 heteroatoms. The van der Waals surface area contributed by atoms with E-state index < -0.39 is 11.2 Å². The molecular weight excluding hydrogens is 300 g/mol. The number of carbonyl (C=O) groups excluding carboxylic acids is 3. The van der Waals surface area contributed by atoms with Gasteiger partial charge in [0, 0.05) is 23.9 Å². The molecule has 0 aromatic heterocycles. The van der Waals surface area contributed by atoms with Crippen LogP contribution in [0, 0.1) is 0 Å². The van der Waals surface area contributed by atoms with Gasteiger partial charge < -0.3 is 4.74 Å². The summed E-state index contributed by atoms with van der Waals surface area (Å²) >= 11 is 6.56. The predicted octanol–water partition coefficient (Wildman–Crippen LogP) is 3.12. The van der Waals surface area contributed by atoms with Crippen LogP contribution in [-0.4, -0.2) is 28.7 Å². The number of esters is 1. The second-order valence-electron chi connectivity index (χ2n) is 3.98. The van der Waals surface area contributed by atoms with Gasteiger partial charge in [0.2, 0.25) is 0 Å².